The van der Waals surface area contributed by atoms with Crippen LogP contribution in [0, 0.1) is 0 Å². The van der Waals surface area contributed by atoms with Gasteiger partial charge in [-0.15, -0.1) is 0 Å². The number of hydrogen-bond acceptors (Lipinski definition) is 3. The van der Waals surface area contributed by atoms with Crippen LogP contribution in [-0.4, -0.2) is 15.6 Å². The predicted molar refractivity (Wildman–Crippen MR) is 94.3 cm³/mol. The SMILES string of the molecule is Brc1ccc2nc(-c3ccco3)c(N=Cc3ccccc3)n2c1. The van der Waals surface area contributed by atoms with Gasteiger partial charge in [0.25, 0.3) is 0 Å². The van der Waals surface area contributed by atoms with E-state index in [2.05, 4.69) is 25.9 Å². The fourth-order valence-corrected chi connectivity index (χ4v) is 2.72. The van der Waals surface area contributed by atoms with Gasteiger partial charge in [-0.05, 0) is 45.8 Å². The maximum atomic E-state index is 5.51. The van der Waals surface area contributed by atoms with Crippen molar-refractivity contribution in [3.05, 3.63) is 77.1 Å². The van der Waals surface area contributed by atoms with Crippen molar-refractivity contribution >= 4 is 33.6 Å². The van der Waals surface area contributed by atoms with Crippen LogP contribution in [0.4, 0.5) is 5.82 Å². The number of hydrogen-bond donors (Lipinski definition) is 0. The molecule has 4 nitrogen and oxygen atoms in total. The van der Waals surface area contributed by atoms with Gasteiger partial charge in [0.15, 0.2) is 17.3 Å². The second kappa shape index (κ2) is 5.85. The van der Waals surface area contributed by atoms with Gasteiger partial charge in [-0.3, -0.25) is 4.40 Å². The van der Waals surface area contributed by atoms with Gasteiger partial charge in [-0.1, -0.05) is 30.3 Å². The monoisotopic (exact) mass is 365 g/mol. The number of rotatable bonds is 3. The average molecular weight is 366 g/mol. The Bertz CT molecular complexity index is 972. The fraction of sp³-hybridized carbons (Fsp3) is 0. The van der Waals surface area contributed by atoms with Crippen molar-refractivity contribution in [2.75, 3.05) is 0 Å². The van der Waals surface area contributed by atoms with E-state index in [1.54, 1.807) is 6.26 Å². The molecule has 0 aliphatic carbocycles. The van der Waals surface area contributed by atoms with Crippen LogP contribution in [0.1, 0.15) is 5.56 Å². The second-order valence-corrected chi connectivity index (χ2v) is 5.92. The van der Waals surface area contributed by atoms with E-state index in [1.807, 2.05) is 71.4 Å². The minimum atomic E-state index is 0.699. The lowest BCUT2D eigenvalue weighted by atomic mass is 10.2. The lowest BCUT2D eigenvalue weighted by Gasteiger charge is -1.99. The van der Waals surface area contributed by atoms with Crippen molar-refractivity contribution in [2.24, 2.45) is 4.99 Å². The van der Waals surface area contributed by atoms with E-state index in [-0.39, 0.29) is 0 Å². The molecule has 0 unspecified atom stereocenters. The molecular weight excluding hydrogens is 354 g/mol. The highest BCUT2D eigenvalue weighted by Crippen LogP contribution is 2.32. The second-order valence-electron chi connectivity index (χ2n) is 5.01. The molecule has 0 atom stereocenters. The van der Waals surface area contributed by atoms with E-state index >= 15 is 0 Å². The zero-order valence-electron chi connectivity index (χ0n) is 12.1. The molecule has 0 N–H and O–H groups in total. The van der Waals surface area contributed by atoms with E-state index in [0.29, 0.717) is 5.76 Å². The molecule has 0 radical (unpaired) electrons. The fourth-order valence-electron chi connectivity index (χ4n) is 2.38. The number of furan rings is 1. The zero-order chi connectivity index (χ0) is 15.6. The Balaban J connectivity index is 1.90. The molecule has 0 saturated heterocycles. The van der Waals surface area contributed by atoms with Crippen LogP contribution in [0.25, 0.3) is 17.1 Å². The third-order valence-corrected chi connectivity index (χ3v) is 3.92. The lowest BCUT2D eigenvalue weighted by Crippen LogP contribution is -1.85. The van der Waals surface area contributed by atoms with Crippen LogP contribution in [0.3, 0.4) is 0 Å². The summed E-state index contributed by atoms with van der Waals surface area (Å²) in [4.78, 5) is 9.30. The molecule has 0 saturated carbocycles. The summed E-state index contributed by atoms with van der Waals surface area (Å²) < 4.78 is 8.42. The van der Waals surface area contributed by atoms with E-state index in [0.717, 1.165) is 27.2 Å². The first-order valence-corrected chi connectivity index (χ1v) is 7.91. The molecular formula is C18H12BrN3O. The first-order chi connectivity index (χ1) is 11.3. The number of halogens is 1. The van der Waals surface area contributed by atoms with Crippen LogP contribution >= 0.6 is 15.9 Å². The third kappa shape index (κ3) is 2.71. The van der Waals surface area contributed by atoms with Crippen molar-refractivity contribution in [3.63, 3.8) is 0 Å². The number of benzene rings is 1. The van der Waals surface area contributed by atoms with Gasteiger partial charge in [-0.2, -0.15) is 0 Å². The number of imidazole rings is 1. The van der Waals surface area contributed by atoms with Crippen LogP contribution < -0.4 is 0 Å². The Morgan fingerprint density at radius 3 is 2.70 bits per heavy atom. The maximum absolute atomic E-state index is 5.51. The van der Waals surface area contributed by atoms with Crippen molar-refractivity contribution in [3.8, 4) is 11.5 Å². The molecule has 3 aromatic heterocycles. The molecule has 0 aliphatic rings. The predicted octanol–water partition coefficient (Wildman–Crippen LogP) is 5.11. The molecule has 3 heterocycles. The summed E-state index contributed by atoms with van der Waals surface area (Å²) in [6, 6.07) is 17.6. The highest BCUT2D eigenvalue weighted by molar-refractivity contribution is 9.10. The Morgan fingerprint density at radius 1 is 1.04 bits per heavy atom. The Morgan fingerprint density at radius 2 is 1.91 bits per heavy atom. The molecule has 112 valence electrons. The van der Waals surface area contributed by atoms with Crippen LogP contribution in [0.15, 0.2) is 80.9 Å². The van der Waals surface area contributed by atoms with Crippen molar-refractivity contribution in [1.82, 2.24) is 9.38 Å². The minimum absolute atomic E-state index is 0.699. The molecule has 4 aromatic rings. The number of nitrogens with zero attached hydrogens (tertiary/aromatic N) is 3. The van der Waals surface area contributed by atoms with Crippen LogP contribution in [-0.2, 0) is 0 Å². The standard InChI is InChI=1S/C18H12BrN3O/c19-14-8-9-16-21-17(15-7-4-10-23-15)18(22(16)12-14)20-11-13-5-2-1-3-6-13/h1-12H. The quantitative estimate of drug-likeness (QED) is 0.473. The molecule has 0 spiro atoms. The Hall–Kier alpha value is -2.66. The summed E-state index contributed by atoms with van der Waals surface area (Å²) in [6.45, 7) is 0. The van der Waals surface area contributed by atoms with Crippen molar-refractivity contribution < 1.29 is 4.42 Å². The highest BCUT2D eigenvalue weighted by Gasteiger charge is 2.15. The van der Waals surface area contributed by atoms with Gasteiger partial charge in [-0.25, -0.2) is 9.98 Å². The Labute approximate surface area is 141 Å². The van der Waals surface area contributed by atoms with Gasteiger partial charge in [0, 0.05) is 16.9 Å². The summed E-state index contributed by atoms with van der Waals surface area (Å²) in [7, 11) is 0. The summed E-state index contributed by atoms with van der Waals surface area (Å²) in [5, 5.41) is 0. The van der Waals surface area contributed by atoms with Crippen molar-refractivity contribution in [2.45, 2.75) is 0 Å². The summed E-state index contributed by atoms with van der Waals surface area (Å²) in [5.74, 6) is 1.44. The van der Waals surface area contributed by atoms with Gasteiger partial charge < -0.3 is 4.42 Å². The zero-order valence-corrected chi connectivity index (χ0v) is 13.6. The van der Waals surface area contributed by atoms with Crippen LogP contribution in [0.5, 0.6) is 0 Å². The lowest BCUT2D eigenvalue weighted by molar-refractivity contribution is 0.580. The number of fused-ring (bicyclic) bond motifs is 1. The first-order valence-electron chi connectivity index (χ1n) is 7.12. The molecule has 5 heteroatoms. The molecule has 0 bridgehead atoms. The summed E-state index contributed by atoms with van der Waals surface area (Å²) in [6.07, 6.45) is 5.42. The summed E-state index contributed by atoms with van der Waals surface area (Å²) >= 11 is 3.50. The van der Waals surface area contributed by atoms with Gasteiger partial charge in [0.1, 0.15) is 5.65 Å². The summed E-state index contributed by atoms with van der Waals surface area (Å²) in [5.41, 5.74) is 2.57. The average Bonchev–Trinajstić information content (AvgIpc) is 3.21. The van der Waals surface area contributed by atoms with E-state index in [1.165, 1.54) is 0 Å². The molecule has 23 heavy (non-hydrogen) atoms. The molecule has 0 fully saturated rings. The van der Waals surface area contributed by atoms with Gasteiger partial charge >= 0.3 is 0 Å². The third-order valence-electron chi connectivity index (χ3n) is 3.45. The molecule has 0 amide bonds. The molecule has 1 aromatic carbocycles. The number of aromatic nitrogens is 2. The van der Waals surface area contributed by atoms with Gasteiger partial charge in [0.05, 0.1) is 6.26 Å². The number of pyridine rings is 1. The smallest absolute Gasteiger partial charge is 0.168 e. The minimum Gasteiger partial charge on any atom is -0.463 e. The van der Waals surface area contributed by atoms with Crippen LogP contribution in [0.2, 0.25) is 0 Å². The van der Waals surface area contributed by atoms with Crippen molar-refractivity contribution in [1.29, 1.82) is 0 Å². The first kappa shape index (κ1) is 14.0. The van der Waals surface area contributed by atoms with E-state index < -0.39 is 0 Å². The maximum Gasteiger partial charge on any atom is 0.168 e. The normalized spacial score (nSPS) is 11.5. The molecule has 4 rings (SSSR count). The van der Waals surface area contributed by atoms with Gasteiger partial charge in [0.2, 0.25) is 0 Å². The topological polar surface area (TPSA) is 42.8 Å². The van der Waals surface area contributed by atoms with E-state index in [4.69, 9.17) is 4.42 Å². The Kier molecular flexibility index (Phi) is 3.55. The van der Waals surface area contributed by atoms with E-state index in [9.17, 15) is 0 Å². The highest BCUT2D eigenvalue weighted by atomic mass is 79.9. The largest absolute Gasteiger partial charge is 0.463 e. The molecule has 0 aliphatic heterocycles. The number of aliphatic imine (C=N–C) groups is 1.